The summed E-state index contributed by atoms with van der Waals surface area (Å²) in [5, 5.41) is 13.2. The molecule has 0 fully saturated rings. The molecule has 3 nitrogen and oxygen atoms in total. The first-order chi connectivity index (χ1) is 8.22. The van der Waals surface area contributed by atoms with Gasteiger partial charge in [-0.1, -0.05) is 22.9 Å². The Morgan fingerprint density at radius 3 is 2.88 bits per heavy atom. The van der Waals surface area contributed by atoms with Crippen LogP contribution in [0.1, 0.15) is 18.9 Å². The molecule has 0 aliphatic carbocycles. The van der Waals surface area contributed by atoms with Crippen molar-refractivity contribution >= 4 is 15.9 Å². The quantitative estimate of drug-likeness (QED) is 0.866. The molecule has 4 heteroatoms. The predicted molar refractivity (Wildman–Crippen MR) is 70.4 cm³/mol. The maximum atomic E-state index is 8.93. The van der Waals surface area contributed by atoms with E-state index < -0.39 is 0 Å². The minimum Gasteiger partial charge on any atom is -0.272 e. The van der Waals surface area contributed by atoms with Crippen molar-refractivity contribution in [3.63, 3.8) is 0 Å². The van der Waals surface area contributed by atoms with Gasteiger partial charge < -0.3 is 0 Å². The van der Waals surface area contributed by atoms with E-state index in [2.05, 4.69) is 34.0 Å². The second-order valence-electron chi connectivity index (χ2n) is 3.83. The second-order valence-corrected chi connectivity index (χ2v) is 4.75. The summed E-state index contributed by atoms with van der Waals surface area (Å²) in [6.45, 7) is 3.04. The van der Waals surface area contributed by atoms with Crippen LogP contribution in [0.5, 0.6) is 0 Å². The molecule has 2 rings (SSSR count). The van der Waals surface area contributed by atoms with Crippen LogP contribution in [-0.2, 0) is 6.54 Å². The van der Waals surface area contributed by atoms with E-state index in [0.717, 1.165) is 28.6 Å². The first-order valence-corrected chi connectivity index (χ1v) is 6.25. The summed E-state index contributed by atoms with van der Waals surface area (Å²) in [5.41, 5.74) is 2.70. The number of aryl methyl sites for hydroxylation is 1. The SMILES string of the molecule is CCCn1cc(-c2cc(Br)cc(C#N)c2)cn1. The number of hydrogen-bond donors (Lipinski definition) is 0. The normalized spacial score (nSPS) is 10.2. The minimum absolute atomic E-state index is 0.651. The number of nitrogens with zero attached hydrogens (tertiary/aromatic N) is 3. The highest BCUT2D eigenvalue weighted by Gasteiger charge is 2.04. The molecule has 86 valence electrons. The standard InChI is InChI=1S/C13H12BrN3/c1-2-3-17-9-12(8-16-17)11-4-10(7-15)5-13(14)6-11/h4-6,8-9H,2-3H2,1H3. The molecule has 1 aromatic carbocycles. The van der Waals surface area contributed by atoms with E-state index in [9.17, 15) is 0 Å². The minimum atomic E-state index is 0.651. The fourth-order valence-corrected chi connectivity index (χ4v) is 2.18. The molecule has 0 radical (unpaired) electrons. The topological polar surface area (TPSA) is 41.6 Å². The van der Waals surface area contributed by atoms with Crippen LogP contribution in [0.3, 0.4) is 0 Å². The van der Waals surface area contributed by atoms with Crippen molar-refractivity contribution in [1.29, 1.82) is 5.26 Å². The first-order valence-electron chi connectivity index (χ1n) is 5.46. The molecule has 0 aliphatic rings. The van der Waals surface area contributed by atoms with Crippen LogP contribution in [0.25, 0.3) is 11.1 Å². The van der Waals surface area contributed by atoms with Crippen LogP contribution in [-0.4, -0.2) is 9.78 Å². The van der Waals surface area contributed by atoms with Gasteiger partial charge in [-0.25, -0.2) is 0 Å². The van der Waals surface area contributed by atoms with Gasteiger partial charge >= 0.3 is 0 Å². The summed E-state index contributed by atoms with van der Waals surface area (Å²) in [7, 11) is 0. The predicted octanol–water partition coefficient (Wildman–Crippen LogP) is 3.59. The number of halogens is 1. The number of rotatable bonds is 3. The fourth-order valence-electron chi connectivity index (χ4n) is 1.68. The van der Waals surface area contributed by atoms with Gasteiger partial charge in [0.05, 0.1) is 17.8 Å². The monoisotopic (exact) mass is 289 g/mol. The Morgan fingerprint density at radius 1 is 1.35 bits per heavy atom. The average Bonchev–Trinajstić information content (AvgIpc) is 2.77. The number of benzene rings is 1. The Kier molecular flexibility index (Phi) is 3.60. The van der Waals surface area contributed by atoms with Crippen molar-refractivity contribution in [1.82, 2.24) is 9.78 Å². The van der Waals surface area contributed by atoms with Gasteiger partial charge in [0, 0.05) is 22.8 Å². The van der Waals surface area contributed by atoms with Gasteiger partial charge in [0.25, 0.3) is 0 Å². The lowest BCUT2D eigenvalue weighted by molar-refractivity contribution is 0.603. The lowest BCUT2D eigenvalue weighted by atomic mass is 10.1. The molecule has 0 amide bonds. The number of aromatic nitrogens is 2. The van der Waals surface area contributed by atoms with Gasteiger partial charge in [-0.2, -0.15) is 10.4 Å². The summed E-state index contributed by atoms with van der Waals surface area (Å²) in [6.07, 6.45) is 4.90. The largest absolute Gasteiger partial charge is 0.272 e. The van der Waals surface area contributed by atoms with Crippen LogP contribution in [0, 0.1) is 11.3 Å². The van der Waals surface area contributed by atoms with E-state index in [1.54, 1.807) is 6.07 Å². The van der Waals surface area contributed by atoms with Crippen molar-refractivity contribution in [3.05, 3.63) is 40.6 Å². The molecule has 2 aromatic rings. The average molecular weight is 290 g/mol. The molecular formula is C13H12BrN3. The van der Waals surface area contributed by atoms with E-state index in [-0.39, 0.29) is 0 Å². The van der Waals surface area contributed by atoms with E-state index >= 15 is 0 Å². The van der Waals surface area contributed by atoms with Crippen molar-refractivity contribution in [2.45, 2.75) is 19.9 Å². The third-order valence-corrected chi connectivity index (χ3v) is 2.90. The molecule has 0 atom stereocenters. The molecule has 0 spiro atoms. The van der Waals surface area contributed by atoms with Crippen LogP contribution in [0.2, 0.25) is 0 Å². The molecule has 0 bridgehead atoms. The van der Waals surface area contributed by atoms with Crippen molar-refractivity contribution < 1.29 is 0 Å². The molecule has 1 aromatic heterocycles. The van der Waals surface area contributed by atoms with Gasteiger partial charge in [-0.05, 0) is 30.2 Å². The zero-order valence-corrected chi connectivity index (χ0v) is 11.1. The maximum absolute atomic E-state index is 8.93. The lowest BCUT2D eigenvalue weighted by Crippen LogP contribution is -1.95. The Labute approximate surface area is 109 Å². The van der Waals surface area contributed by atoms with Crippen LogP contribution in [0.15, 0.2) is 35.1 Å². The van der Waals surface area contributed by atoms with Crippen molar-refractivity contribution in [2.75, 3.05) is 0 Å². The van der Waals surface area contributed by atoms with Crippen LogP contribution < -0.4 is 0 Å². The van der Waals surface area contributed by atoms with E-state index in [1.165, 1.54) is 0 Å². The fraction of sp³-hybridized carbons (Fsp3) is 0.231. The number of hydrogen-bond acceptors (Lipinski definition) is 2. The molecule has 0 N–H and O–H groups in total. The number of nitriles is 1. The summed E-state index contributed by atoms with van der Waals surface area (Å²) < 4.78 is 2.83. The third kappa shape index (κ3) is 2.75. The Hall–Kier alpha value is -1.60. The molecule has 0 aliphatic heterocycles. The summed E-state index contributed by atoms with van der Waals surface area (Å²) in [5.74, 6) is 0. The van der Waals surface area contributed by atoms with Gasteiger partial charge in [-0.15, -0.1) is 0 Å². The molecule has 17 heavy (non-hydrogen) atoms. The van der Waals surface area contributed by atoms with Gasteiger partial charge in [0.15, 0.2) is 0 Å². The van der Waals surface area contributed by atoms with E-state index in [4.69, 9.17) is 5.26 Å². The Balaban J connectivity index is 2.38. The highest BCUT2D eigenvalue weighted by Crippen LogP contribution is 2.24. The third-order valence-electron chi connectivity index (χ3n) is 2.45. The van der Waals surface area contributed by atoms with Crippen molar-refractivity contribution in [2.24, 2.45) is 0 Å². The van der Waals surface area contributed by atoms with Crippen LogP contribution >= 0.6 is 15.9 Å². The van der Waals surface area contributed by atoms with E-state index in [0.29, 0.717) is 5.56 Å². The summed E-state index contributed by atoms with van der Waals surface area (Å²) in [6, 6.07) is 7.83. The van der Waals surface area contributed by atoms with Gasteiger partial charge in [0.1, 0.15) is 0 Å². The zero-order valence-electron chi connectivity index (χ0n) is 9.52. The highest BCUT2D eigenvalue weighted by molar-refractivity contribution is 9.10. The molecule has 0 unspecified atom stereocenters. The molecule has 1 heterocycles. The Bertz CT molecular complexity index is 566. The van der Waals surface area contributed by atoms with Crippen LogP contribution in [0.4, 0.5) is 0 Å². The lowest BCUT2D eigenvalue weighted by Gasteiger charge is -2.00. The maximum Gasteiger partial charge on any atom is 0.0992 e. The van der Waals surface area contributed by atoms with E-state index in [1.807, 2.05) is 29.2 Å². The summed E-state index contributed by atoms with van der Waals surface area (Å²) in [4.78, 5) is 0. The Morgan fingerprint density at radius 2 is 2.18 bits per heavy atom. The van der Waals surface area contributed by atoms with Gasteiger partial charge in [-0.3, -0.25) is 4.68 Å². The summed E-state index contributed by atoms with van der Waals surface area (Å²) >= 11 is 3.41. The molecule has 0 saturated heterocycles. The first kappa shape index (κ1) is 11.9. The highest BCUT2D eigenvalue weighted by atomic mass is 79.9. The smallest absolute Gasteiger partial charge is 0.0992 e. The van der Waals surface area contributed by atoms with Gasteiger partial charge in [0.2, 0.25) is 0 Å². The molecule has 0 saturated carbocycles. The molecular weight excluding hydrogens is 278 g/mol. The van der Waals surface area contributed by atoms with Crippen molar-refractivity contribution in [3.8, 4) is 17.2 Å². The zero-order chi connectivity index (χ0) is 12.3. The second kappa shape index (κ2) is 5.15.